The highest BCUT2D eigenvalue weighted by molar-refractivity contribution is 5.81. The van der Waals surface area contributed by atoms with E-state index in [1.54, 1.807) is 0 Å². The van der Waals surface area contributed by atoms with Gasteiger partial charge in [0.05, 0.1) is 6.04 Å². The first-order valence-electron chi connectivity index (χ1n) is 7.04. The molecule has 3 heteroatoms. The fraction of sp³-hybridized carbons (Fsp3) is 0.929. The molecular formula is C14H28N2O. The van der Waals surface area contributed by atoms with E-state index in [0.29, 0.717) is 12.0 Å². The van der Waals surface area contributed by atoms with E-state index >= 15 is 0 Å². The molecule has 0 saturated heterocycles. The SMILES string of the molecule is CC(C)CC(N)C(=O)N(C)C1CCCCCC1. The van der Waals surface area contributed by atoms with Gasteiger partial charge in [0, 0.05) is 13.1 Å². The molecule has 1 saturated carbocycles. The van der Waals surface area contributed by atoms with E-state index in [9.17, 15) is 4.79 Å². The summed E-state index contributed by atoms with van der Waals surface area (Å²) in [5.74, 6) is 0.613. The molecule has 0 spiro atoms. The monoisotopic (exact) mass is 240 g/mol. The van der Waals surface area contributed by atoms with Crippen LogP contribution < -0.4 is 5.73 Å². The summed E-state index contributed by atoms with van der Waals surface area (Å²) in [5.41, 5.74) is 5.97. The van der Waals surface area contributed by atoms with Crippen molar-refractivity contribution in [3.05, 3.63) is 0 Å². The molecule has 1 atom stereocenters. The zero-order chi connectivity index (χ0) is 12.8. The van der Waals surface area contributed by atoms with Crippen LogP contribution >= 0.6 is 0 Å². The van der Waals surface area contributed by atoms with Crippen LogP contribution in [0.5, 0.6) is 0 Å². The molecule has 1 amide bonds. The number of hydrogen-bond donors (Lipinski definition) is 1. The Hall–Kier alpha value is -0.570. The Morgan fingerprint density at radius 1 is 1.24 bits per heavy atom. The third-order valence-corrected chi connectivity index (χ3v) is 3.76. The molecule has 1 aliphatic carbocycles. The molecule has 2 N–H and O–H groups in total. The van der Waals surface area contributed by atoms with Crippen LogP contribution in [0.25, 0.3) is 0 Å². The Balaban J connectivity index is 2.49. The maximum Gasteiger partial charge on any atom is 0.239 e. The van der Waals surface area contributed by atoms with Crippen molar-refractivity contribution in [3.8, 4) is 0 Å². The van der Waals surface area contributed by atoms with Crippen LogP contribution in [0.15, 0.2) is 0 Å². The minimum atomic E-state index is -0.316. The van der Waals surface area contributed by atoms with Gasteiger partial charge in [-0.05, 0) is 25.2 Å². The fourth-order valence-corrected chi connectivity index (χ4v) is 2.70. The summed E-state index contributed by atoms with van der Waals surface area (Å²) in [6.07, 6.45) is 8.22. The number of nitrogens with two attached hydrogens (primary N) is 1. The van der Waals surface area contributed by atoms with Crippen molar-refractivity contribution in [3.63, 3.8) is 0 Å². The van der Waals surface area contributed by atoms with Crippen molar-refractivity contribution in [1.82, 2.24) is 4.90 Å². The summed E-state index contributed by atoms with van der Waals surface area (Å²) < 4.78 is 0. The number of likely N-dealkylation sites (N-methyl/N-ethyl adjacent to an activating group) is 1. The smallest absolute Gasteiger partial charge is 0.239 e. The van der Waals surface area contributed by atoms with Gasteiger partial charge in [0.25, 0.3) is 0 Å². The number of nitrogens with zero attached hydrogens (tertiary/aromatic N) is 1. The van der Waals surface area contributed by atoms with E-state index in [-0.39, 0.29) is 11.9 Å². The molecule has 0 aromatic heterocycles. The van der Waals surface area contributed by atoms with Crippen LogP contribution in [-0.2, 0) is 4.79 Å². The number of amides is 1. The molecule has 1 rings (SSSR count). The molecule has 1 aliphatic rings. The first-order valence-corrected chi connectivity index (χ1v) is 7.04. The molecule has 0 aromatic rings. The maximum absolute atomic E-state index is 12.2. The quantitative estimate of drug-likeness (QED) is 0.768. The van der Waals surface area contributed by atoms with Gasteiger partial charge in [-0.2, -0.15) is 0 Å². The Bertz CT molecular complexity index is 232. The van der Waals surface area contributed by atoms with Crippen molar-refractivity contribution in [2.24, 2.45) is 11.7 Å². The lowest BCUT2D eigenvalue weighted by molar-refractivity contribution is -0.134. The summed E-state index contributed by atoms with van der Waals surface area (Å²) in [6.45, 7) is 4.22. The lowest BCUT2D eigenvalue weighted by Crippen LogP contribution is -2.46. The third kappa shape index (κ3) is 4.66. The predicted molar refractivity (Wildman–Crippen MR) is 71.7 cm³/mol. The first kappa shape index (κ1) is 14.5. The number of carbonyl (C=O) groups excluding carboxylic acids is 1. The van der Waals surface area contributed by atoms with E-state index < -0.39 is 0 Å². The van der Waals surface area contributed by atoms with Gasteiger partial charge in [0.15, 0.2) is 0 Å². The van der Waals surface area contributed by atoms with Gasteiger partial charge in [-0.3, -0.25) is 4.79 Å². The van der Waals surface area contributed by atoms with Gasteiger partial charge >= 0.3 is 0 Å². The highest BCUT2D eigenvalue weighted by atomic mass is 16.2. The summed E-state index contributed by atoms with van der Waals surface area (Å²) >= 11 is 0. The number of rotatable bonds is 4. The Morgan fingerprint density at radius 3 is 2.24 bits per heavy atom. The van der Waals surface area contributed by atoms with E-state index in [1.165, 1.54) is 25.7 Å². The molecular weight excluding hydrogens is 212 g/mol. The molecule has 3 nitrogen and oxygen atoms in total. The zero-order valence-electron chi connectivity index (χ0n) is 11.6. The van der Waals surface area contributed by atoms with Gasteiger partial charge in [-0.15, -0.1) is 0 Å². The Labute approximate surface area is 106 Å². The maximum atomic E-state index is 12.2. The van der Waals surface area contributed by atoms with Gasteiger partial charge in [-0.25, -0.2) is 0 Å². The van der Waals surface area contributed by atoms with Gasteiger partial charge in [-0.1, -0.05) is 39.5 Å². The van der Waals surface area contributed by atoms with E-state index in [1.807, 2.05) is 11.9 Å². The number of hydrogen-bond acceptors (Lipinski definition) is 2. The van der Waals surface area contributed by atoms with Crippen LogP contribution in [0.3, 0.4) is 0 Å². The Kier molecular flexibility index (Phi) is 5.96. The van der Waals surface area contributed by atoms with Crippen LogP contribution in [0, 0.1) is 5.92 Å². The molecule has 1 fully saturated rings. The molecule has 0 radical (unpaired) electrons. The van der Waals surface area contributed by atoms with Crippen molar-refractivity contribution in [2.75, 3.05) is 7.05 Å². The van der Waals surface area contributed by atoms with Crippen molar-refractivity contribution < 1.29 is 4.79 Å². The second kappa shape index (κ2) is 7.00. The average Bonchev–Trinajstić information content (AvgIpc) is 2.54. The third-order valence-electron chi connectivity index (χ3n) is 3.76. The van der Waals surface area contributed by atoms with Crippen LogP contribution in [-0.4, -0.2) is 29.9 Å². The van der Waals surface area contributed by atoms with Crippen LogP contribution in [0.4, 0.5) is 0 Å². The first-order chi connectivity index (χ1) is 8.02. The van der Waals surface area contributed by atoms with Crippen molar-refractivity contribution >= 4 is 5.91 Å². The fourth-order valence-electron chi connectivity index (χ4n) is 2.70. The molecule has 1 unspecified atom stereocenters. The zero-order valence-corrected chi connectivity index (χ0v) is 11.6. The minimum absolute atomic E-state index is 0.130. The summed E-state index contributed by atoms with van der Waals surface area (Å²) in [5, 5.41) is 0. The van der Waals surface area contributed by atoms with Crippen LogP contribution in [0.1, 0.15) is 58.8 Å². The highest BCUT2D eigenvalue weighted by Crippen LogP contribution is 2.21. The second-order valence-electron chi connectivity index (χ2n) is 5.83. The second-order valence-corrected chi connectivity index (χ2v) is 5.83. The topological polar surface area (TPSA) is 46.3 Å². The Morgan fingerprint density at radius 2 is 1.76 bits per heavy atom. The lowest BCUT2D eigenvalue weighted by Gasteiger charge is -2.30. The molecule has 0 heterocycles. The lowest BCUT2D eigenvalue weighted by atomic mass is 10.0. The standard InChI is InChI=1S/C14H28N2O/c1-11(2)10-13(15)14(17)16(3)12-8-6-4-5-7-9-12/h11-13H,4-10,15H2,1-3H3. The van der Waals surface area contributed by atoms with Gasteiger partial charge < -0.3 is 10.6 Å². The summed E-state index contributed by atoms with van der Waals surface area (Å²) in [6, 6.07) is 0.103. The van der Waals surface area contributed by atoms with Gasteiger partial charge in [0.1, 0.15) is 0 Å². The highest BCUT2D eigenvalue weighted by Gasteiger charge is 2.25. The summed E-state index contributed by atoms with van der Waals surface area (Å²) in [4.78, 5) is 14.1. The van der Waals surface area contributed by atoms with Crippen molar-refractivity contribution in [2.45, 2.75) is 70.9 Å². The molecule has 0 aliphatic heterocycles. The largest absolute Gasteiger partial charge is 0.341 e. The van der Waals surface area contributed by atoms with E-state index in [0.717, 1.165) is 19.3 Å². The van der Waals surface area contributed by atoms with Crippen molar-refractivity contribution in [1.29, 1.82) is 0 Å². The van der Waals surface area contributed by atoms with Gasteiger partial charge in [0.2, 0.25) is 5.91 Å². The predicted octanol–water partition coefficient (Wildman–Crippen LogP) is 2.54. The molecule has 17 heavy (non-hydrogen) atoms. The molecule has 0 bridgehead atoms. The normalized spacial score (nSPS) is 20.1. The van der Waals surface area contributed by atoms with E-state index in [4.69, 9.17) is 5.73 Å². The molecule has 100 valence electrons. The van der Waals surface area contributed by atoms with E-state index in [2.05, 4.69) is 13.8 Å². The summed E-state index contributed by atoms with van der Waals surface area (Å²) in [7, 11) is 1.93. The van der Waals surface area contributed by atoms with Crippen LogP contribution in [0.2, 0.25) is 0 Å². The number of carbonyl (C=O) groups is 1. The molecule has 0 aromatic carbocycles. The minimum Gasteiger partial charge on any atom is -0.341 e. The average molecular weight is 240 g/mol.